The molecule has 3 unspecified atom stereocenters. The maximum atomic E-state index is 11.2. The highest BCUT2D eigenvalue weighted by Crippen LogP contribution is 2.48. The minimum absolute atomic E-state index is 0.203. The summed E-state index contributed by atoms with van der Waals surface area (Å²) in [6.07, 6.45) is 5.23. The number of hydrogen-bond acceptors (Lipinski definition) is 3. The summed E-state index contributed by atoms with van der Waals surface area (Å²) < 4.78 is 11.0. The fraction of sp³-hybridized carbons (Fsp3) is 0.562. The molecular formula is C16H20O4. The number of rotatable bonds is 5. The van der Waals surface area contributed by atoms with E-state index in [1.165, 1.54) is 31.7 Å². The number of carboxylic acid groups (broad SMARTS) is 1. The maximum absolute atomic E-state index is 11.2. The maximum Gasteiger partial charge on any atom is 0.339 e. The summed E-state index contributed by atoms with van der Waals surface area (Å²) in [7, 11) is 1.56. The van der Waals surface area contributed by atoms with Crippen molar-refractivity contribution >= 4 is 5.97 Å². The zero-order valence-electron chi connectivity index (χ0n) is 11.7. The largest absolute Gasteiger partial charge is 0.497 e. The Kier molecular flexibility index (Phi) is 3.55. The Morgan fingerprint density at radius 1 is 1.35 bits per heavy atom. The van der Waals surface area contributed by atoms with Crippen LogP contribution < -0.4 is 9.47 Å². The van der Waals surface area contributed by atoms with Crippen LogP contribution in [-0.4, -0.2) is 24.8 Å². The van der Waals surface area contributed by atoms with Crippen LogP contribution in [0.1, 0.15) is 36.0 Å². The topological polar surface area (TPSA) is 55.8 Å². The Bertz CT molecular complexity index is 511. The van der Waals surface area contributed by atoms with E-state index in [0.29, 0.717) is 24.0 Å². The average molecular weight is 276 g/mol. The summed E-state index contributed by atoms with van der Waals surface area (Å²) in [4.78, 5) is 11.2. The van der Waals surface area contributed by atoms with Gasteiger partial charge in [-0.05, 0) is 49.1 Å². The first-order valence-electron chi connectivity index (χ1n) is 7.21. The van der Waals surface area contributed by atoms with Gasteiger partial charge in [-0.25, -0.2) is 4.79 Å². The number of fused-ring (bicyclic) bond motifs is 2. The molecule has 0 aliphatic heterocycles. The molecule has 1 aromatic rings. The summed E-state index contributed by atoms with van der Waals surface area (Å²) >= 11 is 0. The lowest BCUT2D eigenvalue weighted by molar-refractivity contribution is 0.0690. The molecule has 0 radical (unpaired) electrons. The molecule has 0 saturated heterocycles. The van der Waals surface area contributed by atoms with Gasteiger partial charge in [-0.1, -0.05) is 6.42 Å². The lowest BCUT2D eigenvalue weighted by Gasteiger charge is -2.22. The van der Waals surface area contributed by atoms with Crippen molar-refractivity contribution in [3.8, 4) is 11.5 Å². The first kappa shape index (κ1) is 13.3. The second-order valence-electron chi connectivity index (χ2n) is 5.91. The summed E-state index contributed by atoms with van der Waals surface area (Å²) in [5, 5.41) is 9.21. The Morgan fingerprint density at radius 3 is 2.80 bits per heavy atom. The van der Waals surface area contributed by atoms with E-state index in [1.54, 1.807) is 19.2 Å². The summed E-state index contributed by atoms with van der Waals surface area (Å²) in [5.74, 6) is 2.31. The second kappa shape index (κ2) is 5.35. The minimum Gasteiger partial charge on any atom is -0.497 e. The van der Waals surface area contributed by atoms with Crippen molar-refractivity contribution in [1.29, 1.82) is 0 Å². The number of benzene rings is 1. The zero-order valence-corrected chi connectivity index (χ0v) is 11.7. The number of carbonyl (C=O) groups is 1. The van der Waals surface area contributed by atoms with Crippen molar-refractivity contribution in [2.75, 3.05) is 13.7 Å². The SMILES string of the molecule is COc1ccc(C(=O)O)c(OCC2CC3CCC2C3)c1. The molecule has 2 aliphatic carbocycles. The molecule has 1 N–H and O–H groups in total. The lowest BCUT2D eigenvalue weighted by atomic mass is 9.89. The number of ether oxygens (including phenoxy) is 2. The van der Waals surface area contributed by atoms with Crippen LogP contribution in [0.4, 0.5) is 0 Å². The summed E-state index contributed by atoms with van der Waals surface area (Å²) in [5.41, 5.74) is 0.203. The van der Waals surface area contributed by atoms with Gasteiger partial charge in [0.2, 0.25) is 0 Å². The van der Waals surface area contributed by atoms with Crippen LogP contribution in [0.2, 0.25) is 0 Å². The molecule has 0 heterocycles. The third-order valence-corrected chi connectivity index (χ3v) is 4.76. The van der Waals surface area contributed by atoms with Crippen LogP contribution >= 0.6 is 0 Å². The van der Waals surface area contributed by atoms with E-state index in [-0.39, 0.29) is 5.56 Å². The van der Waals surface area contributed by atoms with Gasteiger partial charge in [0.1, 0.15) is 17.1 Å². The van der Waals surface area contributed by atoms with E-state index in [9.17, 15) is 9.90 Å². The standard InChI is InChI=1S/C16H20O4/c1-19-13-4-5-14(16(17)18)15(8-13)20-9-12-7-10-2-3-11(12)6-10/h4-5,8,10-12H,2-3,6-7,9H2,1H3,(H,17,18). The van der Waals surface area contributed by atoms with E-state index in [2.05, 4.69) is 0 Å². The van der Waals surface area contributed by atoms with E-state index in [0.717, 1.165) is 11.8 Å². The molecule has 2 fully saturated rings. The smallest absolute Gasteiger partial charge is 0.339 e. The molecule has 3 atom stereocenters. The van der Waals surface area contributed by atoms with Crippen LogP contribution in [0.25, 0.3) is 0 Å². The number of aromatic carboxylic acids is 1. The average Bonchev–Trinajstić information content (AvgIpc) is 3.07. The number of carboxylic acids is 1. The predicted molar refractivity (Wildman–Crippen MR) is 74.4 cm³/mol. The molecule has 4 heteroatoms. The van der Waals surface area contributed by atoms with Gasteiger partial charge in [-0.3, -0.25) is 0 Å². The van der Waals surface area contributed by atoms with Gasteiger partial charge in [0.25, 0.3) is 0 Å². The Hall–Kier alpha value is -1.71. The molecule has 0 spiro atoms. The third-order valence-electron chi connectivity index (χ3n) is 4.76. The second-order valence-corrected chi connectivity index (χ2v) is 5.91. The third kappa shape index (κ3) is 2.47. The van der Waals surface area contributed by atoms with E-state index < -0.39 is 5.97 Å². The lowest BCUT2D eigenvalue weighted by Crippen LogP contribution is -2.19. The predicted octanol–water partition coefficient (Wildman–Crippen LogP) is 3.21. The Morgan fingerprint density at radius 2 is 2.20 bits per heavy atom. The molecule has 1 aromatic carbocycles. The molecule has 0 amide bonds. The van der Waals surface area contributed by atoms with Crippen molar-refractivity contribution in [3.63, 3.8) is 0 Å². The fourth-order valence-corrected chi connectivity index (χ4v) is 3.70. The molecule has 2 aliphatic rings. The Labute approximate surface area is 118 Å². The van der Waals surface area contributed by atoms with E-state index in [4.69, 9.17) is 9.47 Å². The molecule has 2 bridgehead atoms. The molecular weight excluding hydrogens is 256 g/mol. The van der Waals surface area contributed by atoms with Crippen molar-refractivity contribution < 1.29 is 19.4 Å². The van der Waals surface area contributed by atoms with Gasteiger partial charge in [0.05, 0.1) is 13.7 Å². The first-order valence-corrected chi connectivity index (χ1v) is 7.21. The minimum atomic E-state index is -0.962. The first-order chi connectivity index (χ1) is 9.67. The fourth-order valence-electron chi connectivity index (χ4n) is 3.70. The van der Waals surface area contributed by atoms with Crippen LogP contribution in [-0.2, 0) is 0 Å². The number of hydrogen-bond donors (Lipinski definition) is 1. The molecule has 2 saturated carbocycles. The Balaban J connectivity index is 1.71. The van der Waals surface area contributed by atoms with Gasteiger partial charge >= 0.3 is 5.97 Å². The summed E-state index contributed by atoms with van der Waals surface area (Å²) in [6, 6.07) is 4.85. The van der Waals surface area contributed by atoms with Crippen molar-refractivity contribution in [3.05, 3.63) is 23.8 Å². The van der Waals surface area contributed by atoms with E-state index in [1.807, 2.05) is 0 Å². The quantitative estimate of drug-likeness (QED) is 0.897. The van der Waals surface area contributed by atoms with Crippen molar-refractivity contribution in [1.82, 2.24) is 0 Å². The normalized spacial score (nSPS) is 27.6. The number of methoxy groups -OCH3 is 1. The highest BCUT2D eigenvalue weighted by molar-refractivity contribution is 5.91. The molecule has 0 aromatic heterocycles. The van der Waals surface area contributed by atoms with Gasteiger partial charge in [0.15, 0.2) is 0 Å². The van der Waals surface area contributed by atoms with Gasteiger partial charge in [0, 0.05) is 6.07 Å². The molecule has 3 rings (SSSR count). The molecule has 108 valence electrons. The highest BCUT2D eigenvalue weighted by atomic mass is 16.5. The van der Waals surface area contributed by atoms with Crippen LogP contribution in [0.5, 0.6) is 11.5 Å². The summed E-state index contributed by atoms with van der Waals surface area (Å²) in [6.45, 7) is 0.620. The van der Waals surface area contributed by atoms with Gasteiger partial charge < -0.3 is 14.6 Å². The van der Waals surface area contributed by atoms with Crippen LogP contribution in [0, 0.1) is 17.8 Å². The zero-order chi connectivity index (χ0) is 14.1. The van der Waals surface area contributed by atoms with Gasteiger partial charge in [-0.2, -0.15) is 0 Å². The molecule has 4 nitrogen and oxygen atoms in total. The monoisotopic (exact) mass is 276 g/mol. The van der Waals surface area contributed by atoms with Crippen LogP contribution in [0.15, 0.2) is 18.2 Å². The van der Waals surface area contributed by atoms with Gasteiger partial charge in [-0.15, -0.1) is 0 Å². The highest BCUT2D eigenvalue weighted by Gasteiger charge is 2.39. The van der Waals surface area contributed by atoms with E-state index >= 15 is 0 Å². The van der Waals surface area contributed by atoms with Crippen LogP contribution in [0.3, 0.4) is 0 Å². The van der Waals surface area contributed by atoms with Crippen molar-refractivity contribution in [2.24, 2.45) is 17.8 Å². The molecule has 20 heavy (non-hydrogen) atoms. The van der Waals surface area contributed by atoms with Crippen molar-refractivity contribution in [2.45, 2.75) is 25.7 Å².